The molecule has 0 aromatic heterocycles. The van der Waals surface area contributed by atoms with E-state index < -0.39 is 0 Å². The molecule has 4 atom stereocenters. The van der Waals surface area contributed by atoms with Crippen molar-refractivity contribution in [3.8, 4) is 12.3 Å². The molecule has 86 valence electrons. The molecule has 4 heteroatoms. The van der Waals surface area contributed by atoms with Crippen LogP contribution in [-0.2, 0) is 14.2 Å². The van der Waals surface area contributed by atoms with E-state index >= 15 is 0 Å². The second-order valence-corrected chi connectivity index (χ2v) is 5.00. The van der Waals surface area contributed by atoms with Crippen LogP contribution in [0.2, 0.25) is 0 Å². The van der Waals surface area contributed by atoms with Gasteiger partial charge in [0.1, 0.15) is 6.61 Å². The van der Waals surface area contributed by atoms with Gasteiger partial charge in [-0.2, -0.15) is 0 Å². The summed E-state index contributed by atoms with van der Waals surface area (Å²) in [6.07, 6.45) is 5.67. The van der Waals surface area contributed by atoms with E-state index in [4.69, 9.17) is 20.6 Å². The molecule has 3 nitrogen and oxygen atoms in total. The molecule has 1 aliphatic rings. The molecule has 1 aliphatic heterocycles. The summed E-state index contributed by atoms with van der Waals surface area (Å²) in [7, 11) is 0. The molecule has 0 aromatic rings. The summed E-state index contributed by atoms with van der Waals surface area (Å²) in [4.78, 5) is 0. The molecule has 0 spiro atoms. The van der Waals surface area contributed by atoms with Gasteiger partial charge in [-0.1, -0.05) is 35.4 Å². The van der Waals surface area contributed by atoms with Crippen molar-refractivity contribution in [3.05, 3.63) is 0 Å². The molecule has 0 bridgehead atoms. The van der Waals surface area contributed by atoms with E-state index in [1.165, 1.54) is 0 Å². The zero-order valence-corrected chi connectivity index (χ0v) is 11.3. The average Bonchev–Trinajstić information content (AvgIpc) is 2.21. The van der Waals surface area contributed by atoms with E-state index in [9.17, 15) is 0 Å². The summed E-state index contributed by atoms with van der Waals surface area (Å²) in [5, 5.41) is 0. The normalized spacial score (nSPS) is 36.1. The third kappa shape index (κ3) is 3.91. The first-order valence-electron chi connectivity index (χ1n) is 5.15. The van der Waals surface area contributed by atoms with Crippen molar-refractivity contribution in [2.75, 3.05) is 13.2 Å². The number of alkyl halides is 1. The van der Waals surface area contributed by atoms with Crippen LogP contribution < -0.4 is 0 Å². The van der Waals surface area contributed by atoms with Gasteiger partial charge in [-0.05, 0) is 12.8 Å². The highest BCUT2D eigenvalue weighted by Gasteiger charge is 2.35. The molecular weight excluding hydrogens is 307 g/mol. The second kappa shape index (κ2) is 6.69. The van der Waals surface area contributed by atoms with Crippen LogP contribution >= 0.6 is 22.6 Å². The Labute approximate surface area is 105 Å². The molecule has 0 radical (unpaired) electrons. The molecular formula is C11H17IO3. The van der Waals surface area contributed by atoms with E-state index in [1.807, 2.05) is 6.92 Å². The van der Waals surface area contributed by atoms with E-state index in [1.54, 1.807) is 0 Å². The number of terminal acetylenes is 1. The van der Waals surface area contributed by atoms with Gasteiger partial charge < -0.3 is 14.2 Å². The summed E-state index contributed by atoms with van der Waals surface area (Å²) in [5.74, 6) is 2.96. The van der Waals surface area contributed by atoms with Crippen molar-refractivity contribution in [1.29, 1.82) is 0 Å². The monoisotopic (exact) mass is 324 g/mol. The Morgan fingerprint density at radius 1 is 1.53 bits per heavy atom. The van der Waals surface area contributed by atoms with Crippen molar-refractivity contribution < 1.29 is 14.2 Å². The summed E-state index contributed by atoms with van der Waals surface area (Å²) >= 11 is 2.35. The molecule has 0 N–H and O–H groups in total. The Kier molecular flexibility index (Phi) is 5.90. The molecule has 0 amide bonds. The topological polar surface area (TPSA) is 27.7 Å². The van der Waals surface area contributed by atoms with E-state index in [0.29, 0.717) is 16.4 Å². The van der Waals surface area contributed by atoms with Crippen LogP contribution in [0.5, 0.6) is 0 Å². The molecule has 1 saturated heterocycles. The van der Waals surface area contributed by atoms with Crippen molar-refractivity contribution in [1.82, 2.24) is 0 Å². The molecule has 15 heavy (non-hydrogen) atoms. The number of ether oxygens (including phenoxy) is 3. The predicted molar refractivity (Wildman–Crippen MR) is 66.7 cm³/mol. The Morgan fingerprint density at radius 2 is 2.27 bits per heavy atom. The van der Waals surface area contributed by atoms with Gasteiger partial charge >= 0.3 is 0 Å². The largest absolute Gasteiger partial charge is 0.353 e. The van der Waals surface area contributed by atoms with Crippen LogP contribution in [0.3, 0.4) is 0 Å². The zero-order chi connectivity index (χ0) is 11.3. The second-order valence-electron chi connectivity index (χ2n) is 3.56. The lowest BCUT2D eigenvalue weighted by molar-refractivity contribution is -0.266. The van der Waals surface area contributed by atoms with Gasteiger partial charge in [0.2, 0.25) is 0 Å². The Hall–Kier alpha value is 0.170. The molecule has 1 fully saturated rings. The SMILES string of the molecule is C#CCOC1OC(OCC)CC(C)C1I. The van der Waals surface area contributed by atoms with Crippen LogP contribution in [0.25, 0.3) is 0 Å². The lowest BCUT2D eigenvalue weighted by atomic mass is 10.0. The van der Waals surface area contributed by atoms with E-state index in [2.05, 4.69) is 35.4 Å². The number of hydrogen-bond donors (Lipinski definition) is 0. The Balaban J connectivity index is 2.48. The highest BCUT2D eigenvalue weighted by molar-refractivity contribution is 14.1. The molecule has 1 heterocycles. The summed E-state index contributed by atoms with van der Waals surface area (Å²) in [5.41, 5.74) is 0. The van der Waals surface area contributed by atoms with Crippen LogP contribution in [0.4, 0.5) is 0 Å². The van der Waals surface area contributed by atoms with Gasteiger partial charge in [-0.15, -0.1) is 6.42 Å². The third-order valence-corrected chi connectivity index (χ3v) is 4.15. The lowest BCUT2D eigenvalue weighted by Crippen LogP contribution is -2.43. The standard InChI is InChI=1S/C11H17IO3/c1-4-6-14-11-10(12)8(3)7-9(15-11)13-5-2/h1,8-11H,5-7H2,2-3H3. The maximum absolute atomic E-state index is 5.66. The summed E-state index contributed by atoms with van der Waals surface area (Å²) in [6, 6.07) is 0. The zero-order valence-electron chi connectivity index (χ0n) is 9.11. The van der Waals surface area contributed by atoms with Gasteiger partial charge in [0.25, 0.3) is 0 Å². The van der Waals surface area contributed by atoms with Crippen LogP contribution in [0, 0.1) is 18.3 Å². The Morgan fingerprint density at radius 3 is 2.87 bits per heavy atom. The fourth-order valence-corrected chi connectivity index (χ4v) is 2.21. The quantitative estimate of drug-likeness (QED) is 0.451. The smallest absolute Gasteiger partial charge is 0.173 e. The minimum absolute atomic E-state index is 0.154. The molecule has 0 aromatic carbocycles. The van der Waals surface area contributed by atoms with Gasteiger partial charge in [0, 0.05) is 13.0 Å². The highest BCUT2D eigenvalue weighted by atomic mass is 127. The number of rotatable bonds is 4. The maximum Gasteiger partial charge on any atom is 0.173 e. The van der Waals surface area contributed by atoms with E-state index in [0.717, 1.165) is 6.42 Å². The first-order chi connectivity index (χ1) is 7.19. The first-order valence-corrected chi connectivity index (χ1v) is 6.39. The Bertz CT molecular complexity index is 226. The number of halogens is 1. The van der Waals surface area contributed by atoms with Gasteiger partial charge in [0.15, 0.2) is 12.6 Å². The van der Waals surface area contributed by atoms with Crippen LogP contribution in [0.1, 0.15) is 20.3 Å². The minimum Gasteiger partial charge on any atom is -0.353 e. The minimum atomic E-state index is -0.248. The van der Waals surface area contributed by atoms with Crippen LogP contribution in [0.15, 0.2) is 0 Å². The molecule has 0 aliphatic carbocycles. The molecule has 4 unspecified atom stereocenters. The van der Waals surface area contributed by atoms with Crippen molar-refractivity contribution in [2.45, 2.75) is 36.8 Å². The fourth-order valence-electron chi connectivity index (χ4n) is 1.54. The van der Waals surface area contributed by atoms with Crippen LogP contribution in [-0.4, -0.2) is 29.7 Å². The van der Waals surface area contributed by atoms with Crippen molar-refractivity contribution in [2.24, 2.45) is 5.92 Å². The fraction of sp³-hybridized carbons (Fsp3) is 0.818. The summed E-state index contributed by atoms with van der Waals surface area (Å²) in [6.45, 7) is 5.08. The van der Waals surface area contributed by atoms with Gasteiger partial charge in [-0.3, -0.25) is 0 Å². The van der Waals surface area contributed by atoms with Gasteiger partial charge in [-0.25, -0.2) is 0 Å². The van der Waals surface area contributed by atoms with Crippen molar-refractivity contribution >= 4 is 22.6 Å². The molecule has 1 rings (SSSR count). The number of hydrogen-bond acceptors (Lipinski definition) is 3. The first kappa shape index (κ1) is 13.2. The van der Waals surface area contributed by atoms with E-state index in [-0.39, 0.29) is 19.2 Å². The summed E-state index contributed by atoms with van der Waals surface area (Å²) < 4.78 is 16.9. The lowest BCUT2D eigenvalue weighted by Gasteiger charge is -2.37. The highest BCUT2D eigenvalue weighted by Crippen LogP contribution is 2.31. The predicted octanol–water partition coefficient (Wildman–Crippen LogP) is 2.18. The molecule has 0 saturated carbocycles. The third-order valence-electron chi connectivity index (χ3n) is 2.34. The van der Waals surface area contributed by atoms with Gasteiger partial charge in [0.05, 0.1) is 3.92 Å². The van der Waals surface area contributed by atoms with Crippen molar-refractivity contribution in [3.63, 3.8) is 0 Å². The maximum atomic E-state index is 5.66. The average molecular weight is 324 g/mol.